The molecular formula is C16H15N3O3. The van der Waals surface area contributed by atoms with Gasteiger partial charge in [0.1, 0.15) is 0 Å². The zero-order chi connectivity index (χ0) is 15.9. The molecule has 2 N–H and O–H groups in total. The van der Waals surface area contributed by atoms with Crippen LogP contribution in [0, 0.1) is 15.5 Å². The van der Waals surface area contributed by atoms with Crippen LogP contribution >= 0.6 is 0 Å². The average molecular weight is 297 g/mol. The van der Waals surface area contributed by atoms with Crippen LogP contribution < -0.4 is 10.9 Å². The van der Waals surface area contributed by atoms with Gasteiger partial charge in [0.25, 0.3) is 5.69 Å². The zero-order valence-electron chi connectivity index (χ0n) is 12.2. The number of nitro benzene ring substituents is 1. The van der Waals surface area contributed by atoms with Crippen molar-refractivity contribution >= 4 is 28.4 Å². The van der Waals surface area contributed by atoms with E-state index in [-0.39, 0.29) is 11.6 Å². The molecule has 0 aromatic heterocycles. The van der Waals surface area contributed by atoms with Crippen molar-refractivity contribution in [2.75, 3.05) is 0 Å². The van der Waals surface area contributed by atoms with E-state index < -0.39 is 10.3 Å². The maximum atomic E-state index is 11.8. The molecule has 1 amide bonds. The smallest absolute Gasteiger partial charge is 0.270 e. The van der Waals surface area contributed by atoms with Gasteiger partial charge >= 0.3 is 0 Å². The van der Waals surface area contributed by atoms with Gasteiger partial charge in [-0.05, 0) is 42.3 Å². The highest BCUT2D eigenvalue weighted by atomic mass is 16.6. The largest absolute Gasteiger partial charge is 0.302 e. The number of hydrogen-bond acceptors (Lipinski definition) is 4. The Morgan fingerprint density at radius 2 is 1.95 bits per heavy atom. The van der Waals surface area contributed by atoms with Gasteiger partial charge in [0.05, 0.1) is 10.3 Å². The molecule has 3 rings (SSSR count). The molecule has 0 aliphatic carbocycles. The topological polar surface area (TPSA) is 84.3 Å². The molecule has 1 fully saturated rings. The third kappa shape index (κ3) is 2.18. The van der Waals surface area contributed by atoms with Gasteiger partial charge in [0, 0.05) is 17.8 Å². The maximum Gasteiger partial charge on any atom is 0.270 e. The van der Waals surface area contributed by atoms with E-state index >= 15 is 0 Å². The number of non-ortho nitro benzene ring substituents is 1. The van der Waals surface area contributed by atoms with Crippen molar-refractivity contribution in [1.29, 1.82) is 0 Å². The van der Waals surface area contributed by atoms with Gasteiger partial charge < -0.3 is 5.43 Å². The fraction of sp³-hybridized carbons (Fsp3) is 0.188. The summed E-state index contributed by atoms with van der Waals surface area (Å²) in [6.45, 7) is 3.67. The van der Waals surface area contributed by atoms with Gasteiger partial charge in [-0.25, -0.2) is 0 Å². The number of amides is 1. The normalized spacial score (nSPS) is 18.3. The second kappa shape index (κ2) is 4.84. The third-order valence-electron chi connectivity index (χ3n) is 3.96. The molecule has 1 saturated heterocycles. The molecule has 22 heavy (non-hydrogen) atoms. The van der Waals surface area contributed by atoms with Crippen molar-refractivity contribution < 1.29 is 9.72 Å². The predicted molar refractivity (Wildman–Crippen MR) is 83.6 cm³/mol. The minimum atomic E-state index is -0.636. The van der Waals surface area contributed by atoms with E-state index in [0.717, 1.165) is 22.0 Å². The van der Waals surface area contributed by atoms with E-state index in [1.54, 1.807) is 12.1 Å². The van der Waals surface area contributed by atoms with Crippen molar-refractivity contribution in [3.63, 3.8) is 0 Å². The summed E-state index contributed by atoms with van der Waals surface area (Å²) in [7, 11) is 0. The number of hydrazine groups is 1. The molecule has 1 heterocycles. The molecule has 6 nitrogen and oxygen atoms in total. The summed E-state index contributed by atoms with van der Waals surface area (Å²) in [6.07, 6.45) is 1.89. The SMILES string of the molecule is CC1(C)C(=O)NN/C1=C\c1cccc2cc([N+](=O)[O-])ccc12. The monoisotopic (exact) mass is 297 g/mol. The molecule has 0 radical (unpaired) electrons. The van der Waals surface area contributed by atoms with Crippen LogP contribution in [-0.2, 0) is 4.79 Å². The van der Waals surface area contributed by atoms with Crippen molar-refractivity contribution in [2.24, 2.45) is 5.41 Å². The van der Waals surface area contributed by atoms with Crippen LogP contribution in [-0.4, -0.2) is 10.8 Å². The summed E-state index contributed by atoms with van der Waals surface area (Å²) < 4.78 is 0. The minimum Gasteiger partial charge on any atom is -0.302 e. The first-order chi connectivity index (χ1) is 10.4. The van der Waals surface area contributed by atoms with E-state index in [1.807, 2.05) is 38.1 Å². The number of nitrogens with one attached hydrogen (secondary N) is 2. The second-order valence-electron chi connectivity index (χ2n) is 5.77. The summed E-state index contributed by atoms with van der Waals surface area (Å²) in [6, 6.07) is 10.4. The van der Waals surface area contributed by atoms with E-state index in [0.29, 0.717) is 0 Å². The van der Waals surface area contributed by atoms with Gasteiger partial charge in [0.2, 0.25) is 5.91 Å². The lowest BCUT2D eigenvalue weighted by Gasteiger charge is -2.14. The summed E-state index contributed by atoms with van der Waals surface area (Å²) in [5.74, 6) is -0.0883. The lowest BCUT2D eigenvalue weighted by Crippen LogP contribution is -2.28. The average Bonchev–Trinajstić information content (AvgIpc) is 2.73. The molecular weight excluding hydrogens is 282 g/mol. The van der Waals surface area contributed by atoms with E-state index in [2.05, 4.69) is 10.9 Å². The zero-order valence-corrected chi connectivity index (χ0v) is 12.2. The summed E-state index contributed by atoms with van der Waals surface area (Å²) in [5, 5.41) is 12.6. The molecule has 1 aliphatic heterocycles. The summed E-state index contributed by atoms with van der Waals surface area (Å²) in [4.78, 5) is 22.2. The third-order valence-corrected chi connectivity index (χ3v) is 3.96. The van der Waals surface area contributed by atoms with E-state index in [9.17, 15) is 14.9 Å². The number of fused-ring (bicyclic) bond motifs is 1. The van der Waals surface area contributed by atoms with Crippen molar-refractivity contribution in [1.82, 2.24) is 10.9 Å². The first-order valence-electron chi connectivity index (χ1n) is 6.85. The quantitative estimate of drug-likeness (QED) is 0.659. The highest BCUT2D eigenvalue weighted by Crippen LogP contribution is 2.32. The Morgan fingerprint density at radius 1 is 1.18 bits per heavy atom. The molecule has 112 valence electrons. The minimum absolute atomic E-state index is 0.0634. The van der Waals surface area contributed by atoms with Crippen LogP contribution in [0.25, 0.3) is 16.8 Å². The van der Waals surface area contributed by atoms with Crippen LogP contribution in [0.15, 0.2) is 42.1 Å². The van der Waals surface area contributed by atoms with Crippen LogP contribution in [0.4, 0.5) is 5.69 Å². The molecule has 0 bridgehead atoms. The number of nitrogens with zero attached hydrogens (tertiary/aromatic N) is 1. The van der Waals surface area contributed by atoms with E-state index in [4.69, 9.17) is 0 Å². The van der Waals surface area contributed by atoms with Gasteiger partial charge in [-0.2, -0.15) is 0 Å². The van der Waals surface area contributed by atoms with Crippen LogP contribution in [0.5, 0.6) is 0 Å². The Bertz CT molecular complexity index is 824. The number of carbonyl (C=O) groups is 1. The highest BCUT2D eigenvalue weighted by Gasteiger charge is 2.37. The molecule has 0 atom stereocenters. The number of hydrogen-bond donors (Lipinski definition) is 2. The van der Waals surface area contributed by atoms with Crippen molar-refractivity contribution in [3.8, 4) is 0 Å². The molecule has 6 heteroatoms. The number of nitro groups is 1. The fourth-order valence-electron chi connectivity index (χ4n) is 2.47. The summed E-state index contributed by atoms with van der Waals surface area (Å²) >= 11 is 0. The molecule has 1 aliphatic rings. The molecule has 0 unspecified atom stereocenters. The van der Waals surface area contributed by atoms with Crippen LogP contribution in [0.1, 0.15) is 19.4 Å². The summed E-state index contributed by atoms with van der Waals surface area (Å²) in [5.41, 5.74) is 6.60. The first kappa shape index (κ1) is 14.1. The maximum absolute atomic E-state index is 11.8. The standard InChI is InChI=1S/C16H15N3O3/c1-16(2)14(17-18-15(16)20)9-11-5-3-4-10-8-12(19(21)22)6-7-13(10)11/h3-9,17H,1-2H3,(H,18,20)/b14-9-. The Balaban J connectivity index is 2.12. The Kier molecular flexibility index (Phi) is 3.09. The number of carbonyl (C=O) groups excluding carboxylic acids is 1. The van der Waals surface area contributed by atoms with Crippen LogP contribution in [0.2, 0.25) is 0 Å². The lowest BCUT2D eigenvalue weighted by atomic mass is 9.88. The predicted octanol–water partition coefficient (Wildman–Crippen LogP) is 2.75. The second-order valence-corrected chi connectivity index (χ2v) is 5.77. The van der Waals surface area contributed by atoms with Gasteiger partial charge in [-0.1, -0.05) is 18.2 Å². The van der Waals surface area contributed by atoms with Crippen molar-refractivity contribution in [2.45, 2.75) is 13.8 Å². The van der Waals surface area contributed by atoms with Gasteiger partial charge in [0.15, 0.2) is 0 Å². The molecule has 0 spiro atoms. The molecule has 0 saturated carbocycles. The Morgan fingerprint density at radius 3 is 2.59 bits per heavy atom. The fourth-order valence-corrected chi connectivity index (χ4v) is 2.47. The highest BCUT2D eigenvalue weighted by molar-refractivity contribution is 5.94. The molecule has 2 aromatic rings. The van der Waals surface area contributed by atoms with Gasteiger partial charge in [-0.15, -0.1) is 0 Å². The lowest BCUT2D eigenvalue weighted by molar-refractivity contribution is -0.384. The molecule has 2 aromatic carbocycles. The number of rotatable bonds is 2. The Hall–Kier alpha value is -2.89. The van der Waals surface area contributed by atoms with Gasteiger partial charge in [-0.3, -0.25) is 20.3 Å². The Labute approximate surface area is 126 Å². The first-order valence-corrected chi connectivity index (χ1v) is 6.85. The van der Waals surface area contributed by atoms with E-state index in [1.165, 1.54) is 6.07 Å². The van der Waals surface area contributed by atoms with Crippen LogP contribution in [0.3, 0.4) is 0 Å². The van der Waals surface area contributed by atoms with Crippen molar-refractivity contribution in [3.05, 3.63) is 57.8 Å². The number of benzene rings is 2.